The zero-order valence-electron chi connectivity index (χ0n) is 60.7. The van der Waals surface area contributed by atoms with Crippen molar-refractivity contribution in [3.05, 3.63) is 0 Å². The van der Waals surface area contributed by atoms with Gasteiger partial charge in [-0.05, 0) is 254 Å². The van der Waals surface area contributed by atoms with Gasteiger partial charge in [0.25, 0.3) is 0 Å². The third kappa shape index (κ3) is 43.5. The molecule has 0 bridgehead atoms. The van der Waals surface area contributed by atoms with Crippen molar-refractivity contribution in [3.8, 4) is 0 Å². The molecule has 17 nitrogen and oxygen atoms in total. The number of rotatable bonds is 47. The van der Waals surface area contributed by atoms with Crippen LogP contribution in [0, 0.1) is 0 Å². The van der Waals surface area contributed by atoms with E-state index in [1.165, 1.54) is 0 Å². The molecular weight excluding hydrogens is 1320 g/mol. The number of aliphatic hydroxyl groups is 2. The molecule has 0 aromatic carbocycles. The van der Waals surface area contributed by atoms with E-state index in [1.54, 1.807) is 0 Å². The normalized spacial score (nSPS) is 16.6. The van der Waals surface area contributed by atoms with Crippen molar-refractivity contribution in [2.45, 2.75) is 297 Å². The fraction of sp³-hybridized carbons (Fsp3) is 1.00. The van der Waals surface area contributed by atoms with Crippen molar-refractivity contribution in [3.63, 3.8) is 0 Å². The van der Waals surface area contributed by atoms with E-state index in [0.717, 1.165) is 6.04 Å². The largest absolute Gasteiger partial charge is 0.469 e. The average molecular weight is 1450 g/mol. The zero-order valence-corrected chi connectivity index (χ0v) is 75.7. The Bertz CT molecular complexity index is 1700. The van der Waals surface area contributed by atoms with Gasteiger partial charge in [-0.1, -0.05) is 0 Å². The summed E-state index contributed by atoms with van der Waals surface area (Å²) in [5.74, 6) is 0. The van der Waals surface area contributed by atoms with Crippen LogP contribution in [0.5, 0.6) is 0 Å². The third-order valence-electron chi connectivity index (χ3n) is 10.6. The van der Waals surface area contributed by atoms with E-state index in [-0.39, 0.29) is 33.0 Å². The second-order valence-corrected chi connectivity index (χ2v) is 97.6. The molecule has 4 atom stereocenters. The van der Waals surface area contributed by atoms with Crippen LogP contribution < -0.4 is 0 Å². The van der Waals surface area contributed by atoms with Crippen LogP contribution in [0.3, 0.4) is 0 Å². The van der Waals surface area contributed by atoms with E-state index in [9.17, 15) is 10.2 Å². The van der Waals surface area contributed by atoms with Gasteiger partial charge >= 0.3 is 35.0 Å². The molecule has 0 aliphatic heterocycles. The molecule has 0 fully saturated rings. The molecule has 0 saturated carbocycles. The summed E-state index contributed by atoms with van der Waals surface area (Å²) in [4.78, 5) is 0. The van der Waals surface area contributed by atoms with E-state index in [4.69, 9.17) is 64.2 Å². The highest BCUT2D eigenvalue weighted by molar-refractivity contribution is 6.92. The zero-order chi connectivity index (χ0) is 66.3. The van der Waals surface area contributed by atoms with E-state index >= 15 is 0 Å². The maximum absolute atomic E-state index is 11.7. The minimum Gasteiger partial charge on any atom is -0.437 e. The Kier molecular flexibility index (Phi) is 35.4. The highest BCUT2D eigenvalue weighted by Crippen LogP contribution is 2.35. The van der Waals surface area contributed by atoms with Crippen LogP contribution in [0.4, 0.5) is 0 Å². The minimum atomic E-state index is -3.25. The van der Waals surface area contributed by atoms with Crippen LogP contribution in [0.25, 0.3) is 0 Å². The van der Waals surface area contributed by atoms with Gasteiger partial charge in [0.2, 0.25) is 0 Å². The molecule has 0 radical (unpaired) electrons. The summed E-state index contributed by atoms with van der Waals surface area (Å²) in [5, 5.41) is 23.3. The van der Waals surface area contributed by atoms with Crippen molar-refractivity contribution < 1.29 is 74.4 Å². The molecule has 506 valence electrons. The highest BCUT2D eigenvalue weighted by Gasteiger charge is 2.53. The highest BCUT2D eigenvalue weighted by atomic mass is 28.5. The van der Waals surface area contributed by atoms with Gasteiger partial charge in [-0.25, -0.2) is 0 Å². The molecular formula is C52H136O17Si15. The van der Waals surface area contributed by atoms with Gasteiger partial charge in [-0.15, -0.1) is 0 Å². The van der Waals surface area contributed by atoms with Gasteiger partial charge in [-0.3, -0.25) is 0 Å². The average Bonchev–Trinajstić information content (AvgIpc) is 3.14. The number of hydrogen-bond donors (Lipinski definition) is 2. The minimum absolute atomic E-state index is 0.241. The standard InChI is InChI=1S/C52H136O17Si15/c1-70(2,3)59-81(34,60-71(4,5)6)43-35-39-55-49(47-53)51(57-41-37-45-83(64-75(16,17)18,65-76(19,20)21)66-77(22,23)24)52(58-42-38-46-84(67-78(25,26)27,68-79(28,29)30)69-80(31,32)33)50(48-54)56-40-36-44-82(61-72(7,8)9,62-73(10,11)12)63-74(13,14)15/h49-54H,35-48H2,1-34H3. The lowest BCUT2D eigenvalue weighted by atomic mass is 10.0. The summed E-state index contributed by atoms with van der Waals surface area (Å²) in [7, 11) is -35.8. The molecule has 0 amide bonds. The number of ether oxygens (including phenoxy) is 4. The Morgan fingerprint density at radius 2 is 0.393 bits per heavy atom. The van der Waals surface area contributed by atoms with Crippen molar-refractivity contribution in [1.82, 2.24) is 0 Å². The molecule has 0 aliphatic carbocycles. The lowest BCUT2D eigenvalue weighted by molar-refractivity contribution is -0.191. The quantitative estimate of drug-likeness (QED) is 0.0434. The smallest absolute Gasteiger partial charge is 0.437 e. The number of hydrogen-bond acceptors (Lipinski definition) is 17. The summed E-state index contributed by atoms with van der Waals surface area (Å²) in [6, 6.07) is 2.38. The lowest BCUT2D eigenvalue weighted by Gasteiger charge is -2.43. The Morgan fingerprint density at radius 3 is 0.560 bits per heavy atom. The topological polar surface area (TPSA) is 179 Å². The number of aliphatic hydroxyl groups excluding tert-OH is 2. The maximum atomic E-state index is 11.7. The molecule has 0 saturated heterocycles. The Balaban J connectivity index is 8.11. The van der Waals surface area contributed by atoms with E-state index < -0.39 is 151 Å². The summed E-state index contributed by atoms with van der Waals surface area (Å²) in [6.07, 6.45) is -1.27. The lowest BCUT2D eigenvalue weighted by Crippen LogP contribution is -2.60. The van der Waals surface area contributed by atoms with E-state index in [2.05, 4.69) is 223 Å². The second-order valence-electron chi connectivity index (χ2n) is 33.8. The molecule has 4 unspecified atom stereocenters. The van der Waals surface area contributed by atoms with E-state index in [1.807, 2.05) is 0 Å². The summed E-state index contributed by atoms with van der Waals surface area (Å²) >= 11 is 0. The van der Waals surface area contributed by atoms with Crippen LogP contribution in [0.1, 0.15) is 25.7 Å². The van der Waals surface area contributed by atoms with Gasteiger partial charge in [0.15, 0.2) is 91.5 Å². The summed E-state index contributed by atoms with van der Waals surface area (Å²) < 4.78 is 106. The fourth-order valence-corrected chi connectivity index (χ4v) is 66.1. The van der Waals surface area contributed by atoms with Crippen molar-refractivity contribution in [1.29, 1.82) is 0 Å². The summed E-state index contributed by atoms with van der Waals surface area (Å²) in [6.45, 7) is 75.0. The monoisotopic (exact) mass is 1450 g/mol. The molecule has 84 heavy (non-hydrogen) atoms. The Hall–Kier alpha value is 2.57. The van der Waals surface area contributed by atoms with Crippen molar-refractivity contribution in [2.24, 2.45) is 0 Å². The van der Waals surface area contributed by atoms with Crippen molar-refractivity contribution >= 4 is 126 Å². The van der Waals surface area contributed by atoms with Crippen LogP contribution in [-0.2, 0) is 64.2 Å². The maximum Gasteiger partial charge on any atom is 0.469 e. The predicted octanol–water partition coefficient (Wildman–Crippen LogP) is 15.3. The second kappa shape index (κ2) is 34.3. The van der Waals surface area contributed by atoms with Gasteiger partial charge in [0, 0.05) is 44.6 Å². The van der Waals surface area contributed by atoms with Gasteiger partial charge in [0.1, 0.15) is 24.4 Å². The van der Waals surface area contributed by atoms with Crippen LogP contribution >= 0.6 is 0 Å². The van der Waals surface area contributed by atoms with Crippen LogP contribution in [0.2, 0.25) is 247 Å². The molecule has 0 aromatic heterocycles. The third-order valence-corrected chi connectivity index (χ3v) is 56.3. The fourth-order valence-electron chi connectivity index (χ4n) is 9.76. The van der Waals surface area contributed by atoms with Crippen LogP contribution in [-0.4, -0.2) is 201 Å². The molecule has 32 heteroatoms. The van der Waals surface area contributed by atoms with Gasteiger partial charge in [-0.2, -0.15) is 0 Å². The van der Waals surface area contributed by atoms with E-state index in [0.29, 0.717) is 50.4 Å². The summed E-state index contributed by atoms with van der Waals surface area (Å²) in [5.41, 5.74) is 0. The van der Waals surface area contributed by atoms with Gasteiger partial charge < -0.3 is 74.4 Å². The molecule has 0 aromatic rings. The predicted molar refractivity (Wildman–Crippen MR) is 388 cm³/mol. The van der Waals surface area contributed by atoms with Crippen LogP contribution in [0.15, 0.2) is 0 Å². The first-order chi connectivity index (χ1) is 37.1. The van der Waals surface area contributed by atoms with Gasteiger partial charge in [0.05, 0.1) is 13.2 Å². The first kappa shape index (κ1) is 86.6. The SMILES string of the molecule is C[Si](C)(C)O[Si](C)(CCCOC(CO)C(OCCC[Si](O[Si](C)(C)C)(O[Si](C)(C)C)O[Si](C)(C)C)C(OCCC[Si](O[Si](C)(C)C)(O[Si](C)(C)C)O[Si](C)(C)C)C(CO)OCCC[Si](O[Si](C)(C)C)(O[Si](C)(C)C)O[Si](C)(C)C)O[Si](C)(C)C. The molecule has 2 N–H and O–H groups in total. The first-order valence-corrected chi connectivity index (χ1v) is 77.3. The molecule has 0 heterocycles. The molecule has 0 spiro atoms. The molecule has 0 aliphatic rings. The Labute approximate surface area is 533 Å². The Morgan fingerprint density at radius 1 is 0.226 bits per heavy atom. The first-order valence-electron chi connectivity index (χ1n) is 31.5. The molecule has 0 rings (SSSR count). The van der Waals surface area contributed by atoms with Crippen molar-refractivity contribution in [2.75, 3.05) is 39.6 Å².